The van der Waals surface area contributed by atoms with Gasteiger partial charge < -0.3 is 20.5 Å². The van der Waals surface area contributed by atoms with Gasteiger partial charge >= 0.3 is 0 Å². The molecule has 1 aliphatic heterocycles. The highest BCUT2D eigenvalue weighted by atomic mass is 16.5. The number of aliphatic hydroxyl groups excluding tert-OH is 1. The predicted molar refractivity (Wildman–Crippen MR) is 69.4 cm³/mol. The summed E-state index contributed by atoms with van der Waals surface area (Å²) in [6, 6.07) is 4.70. The lowest BCUT2D eigenvalue weighted by molar-refractivity contribution is -0.122. The number of ketones is 1. The van der Waals surface area contributed by atoms with Gasteiger partial charge in [0.1, 0.15) is 11.9 Å². The number of ether oxygens (including phenoxy) is 1. The number of carbonyl (C=O) groups is 2. The first kappa shape index (κ1) is 13.5. The van der Waals surface area contributed by atoms with Gasteiger partial charge in [-0.2, -0.15) is 0 Å². The summed E-state index contributed by atoms with van der Waals surface area (Å²) < 4.78 is 5.39. The van der Waals surface area contributed by atoms with Crippen LogP contribution in [-0.2, 0) is 4.79 Å². The first-order valence-corrected chi connectivity index (χ1v) is 6.01. The molecule has 0 fully saturated rings. The highest BCUT2D eigenvalue weighted by Crippen LogP contribution is 2.30. The van der Waals surface area contributed by atoms with Crippen molar-refractivity contribution in [1.82, 2.24) is 5.32 Å². The number of anilines is 1. The number of benzene rings is 1. The zero-order valence-electron chi connectivity index (χ0n) is 10.8. The van der Waals surface area contributed by atoms with Crippen LogP contribution >= 0.6 is 0 Å². The minimum absolute atomic E-state index is 0.176. The summed E-state index contributed by atoms with van der Waals surface area (Å²) in [7, 11) is 1.65. The number of fused-ring (bicyclic) bond motifs is 1. The van der Waals surface area contributed by atoms with Gasteiger partial charge in [-0.25, -0.2) is 0 Å². The Morgan fingerprint density at radius 3 is 3.00 bits per heavy atom. The second-order valence-corrected chi connectivity index (χ2v) is 4.40. The van der Waals surface area contributed by atoms with Crippen LogP contribution in [0.1, 0.15) is 17.3 Å². The lowest BCUT2D eigenvalue weighted by Crippen LogP contribution is -2.35. The van der Waals surface area contributed by atoms with Crippen LogP contribution in [0.3, 0.4) is 0 Å². The van der Waals surface area contributed by atoms with Crippen LogP contribution in [0.15, 0.2) is 18.2 Å². The number of amides is 1. The highest BCUT2D eigenvalue weighted by molar-refractivity contribution is 6.03. The van der Waals surface area contributed by atoms with E-state index in [4.69, 9.17) is 4.74 Å². The van der Waals surface area contributed by atoms with E-state index < -0.39 is 18.0 Å². The Morgan fingerprint density at radius 1 is 1.58 bits per heavy atom. The molecule has 2 atom stereocenters. The Labute approximate surface area is 110 Å². The minimum Gasteiger partial charge on any atom is -0.479 e. The fraction of sp³-hybridized carbons (Fsp3) is 0.385. The van der Waals surface area contributed by atoms with E-state index in [1.807, 2.05) is 0 Å². The van der Waals surface area contributed by atoms with Crippen LogP contribution in [0.5, 0.6) is 5.75 Å². The van der Waals surface area contributed by atoms with E-state index >= 15 is 0 Å². The minimum atomic E-state index is -1.11. The number of hydrogen-bond acceptors (Lipinski definition) is 5. The van der Waals surface area contributed by atoms with E-state index in [2.05, 4.69) is 10.6 Å². The molecular weight excluding hydrogens is 248 g/mol. The number of aliphatic hydroxyl groups is 1. The number of likely N-dealkylation sites (N-methyl/N-ethyl adjacent to an activating group) is 1. The third kappa shape index (κ3) is 2.74. The third-order valence-corrected chi connectivity index (χ3v) is 2.90. The maximum Gasteiger partial charge on any atom is 0.265 e. The third-order valence-electron chi connectivity index (χ3n) is 2.90. The second-order valence-electron chi connectivity index (χ2n) is 4.40. The number of nitrogens with one attached hydrogen (secondary N) is 2. The fourth-order valence-electron chi connectivity index (χ4n) is 1.84. The highest BCUT2D eigenvalue weighted by Gasteiger charge is 2.25. The first-order valence-electron chi connectivity index (χ1n) is 6.01. The van der Waals surface area contributed by atoms with Crippen molar-refractivity contribution >= 4 is 17.4 Å². The Hall–Kier alpha value is -1.92. The van der Waals surface area contributed by atoms with Crippen molar-refractivity contribution in [2.24, 2.45) is 0 Å². The van der Waals surface area contributed by atoms with Crippen LogP contribution in [0.2, 0.25) is 0 Å². The Morgan fingerprint density at radius 2 is 2.32 bits per heavy atom. The van der Waals surface area contributed by atoms with Gasteiger partial charge in [-0.1, -0.05) is 0 Å². The maximum absolute atomic E-state index is 11.9. The van der Waals surface area contributed by atoms with Gasteiger partial charge in [-0.05, 0) is 32.2 Å². The second kappa shape index (κ2) is 5.38. The molecule has 1 aromatic rings. The molecular formula is C13H16N2O4. The van der Waals surface area contributed by atoms with Crippen LogP contribution in [0.4, 0.5) is 5.69 Å². The molecule has 6 heteroatoms. The Bertz CT molecular complexity index is 515. The summed E-state index contributed by atoms with van der Waals surface area (Å²) >= 11 is 0. The fourth-order valence-corrected chi connectivity index (χ4v) is 1.84. The SMILES string of the molecule is CNCC(O)C(=O)c1ccc2c(c1)NC(=O)C(C)O2. The average molecular weight is 264 g/mol. The summed E-state index contributed by atoms with van der Waals surface area (Å²) in [5.41, 5.74) is 0.783. The normalized spacial score (nSPS) is 19.1. The molecule has 0 saturated heterocycles. The summed E-state index contributed by atoms with van der Waals surface area (Å²) in [5, 5.41) is 15.0. The molecule has 0 spiro atoms. The van der Waals surface area contributed by atoms with Crippen molar-refractivity contribution < 1.29 is 19.4 Å². The molecule has 1 aliphatic rings. The molecule has 1 amide bonds. The predicted octanol–water partition coefficient (Wildman–Crippen LogP) is 0.169. The molecule has 6 nitrogen and oxygen atoms in total. The van der Waals surface area contributed by atoms with Crippen molar-refractivity contribution in [3.05, 3.63) is 23.8 Å². The number of hydrogen-bond donors (Lipinski definition) is 3. The number of Topliss-reactive ketones (excluding diaryl/α,β-unsaturated/α-hetero) is 1. The molecule has 1 heterocycles. The van der Waals surface area contributed by atoms with E-state index in [-0.39, 0.29) is 12.5 Å². The number of rotatable bonds is 4. The van der Waals surface area contributed by atoms with Crippen LogP contribution in [0, 0.1) is 0 Å². The number of carbonyl (C=O) groups excluding carboxylic acids is 2. The van der Waals surface area contributed by atoms with Crippen LogP contribution in [0.25, 0.3) is 0 Å². The monoisotopic (exact) mass is 264 g/mol. The molecule has 0 aliphatic carbocycles. The molecule has 102 valence electrons. The van der Waals surface area contributed by atoms with E-state index in [0.29, 0.717) is 17.0 Å². The van der Waals surface area contributed by atoms with Gasteiger partial charge in [0.25, 0.3) is 5.91 Å². The van der Waals surface area contributed by atoms with Crippen molar-refractivity contribution in [2.45, 2.75) is 19.1 Å². The molecule has 19 heavy (non-hydrogen) atoms. The Balaban J connectivity index is 2.24. The van der Waals surface area contributed by atoms with Crippen molar-refractivity contribution in [1.29, 1.82) is 0 Å². The van der Waals surface area contributed by atoms with Crippen molar-refractivity contribution in [2.75, 3.05) is 18.9 Å². The average Bonchev–Trinajstić information content (AvgIpc) is 2.39. The molecule has 1 aromatic carbocycles. The van der Waals surface area contributed by atoms with Gasteiger partial charge in [-0.3, -0.25) is 9.59 Å². The smallest absolute Gasteiger partial charge is 0.265 e. The van der Waals surface area contributed by atoms with Crippen LogP contribution < -0.4 is 15.4 Å². The zero-order chi connectivity index (χ0) is 14.0. The standard InChI is InChI=1S/C13H16N2O4/c1-7-13(18)15-9-5-8(3-4-11(9)19-7)12(17)10(16)6-14-2/h3-5,7,10,14,16H,6H2,1-2H3,(H,15,18). The molecule has 0 saturated carbocycles. The molecule has 0 aromatic heterocycles. The van der Waals surface area contributed by atoms with Crippen LogP contribution in [-0.4, -0.2) is 42.6 Å². The summed E-state index contributed by atoms with van der Waals surface area (Å²) in [5.74, 6) is -0.135. The van der Waals surface area contributed by atoms with E-state index in [1.165, 1.54) is 6.07 Å². The van der Waals surface area contributed by atoms with Gasteiger partial charge in [0.2, 0.25) is 0 Å². The molecule has 0 radical (unpaired) electrons. The molecule has 0 bridgehead atoms. The lowest BCUT2D eigenvalue weighted by atomic mass is 10.0. The molecule has 2 rings (SSSR count). The van der Waals surface area contributed by atoms with Crippen molar-refractivity contribution in [3.8, 4) is 5.75 Å². The van der Waals surface area contributed by atoms with E-state index in [9.17, 15) is 14.7 Å². The maximum atomic E-state index is 11.9. The van der Waals surface area contributed by atoms with Gasteiger partial charge in [0.15, 0.2) is 11.9 Å². The quantitative estimate of drug-likeness (QED) is 0.675. The summed E-state index contributed by atoms with van der Waals surface area (Å²) in [4.78, 5) is 23.4. The van der Waals surface area contributed by atoms with Gasteiger partial charge in [-0.15, -0.1) is 0 Å². The van der Waals surface area contributed by atoms with Gasteiger partial charge in [0.05, 0.1) is 5.69 Å². The van der Waals surface area contributed by atoms with E-state index in [0.717, 1.165) is 0 Å². The van der Waals surface area contributed by atoms with Gasteiger partial charge in [0, 0.05) is 12.1 Å². The summed E-state index contributed by atoms with van der Waals surface area (Å²) in [6.45, 7) is 1.82. The molecule has 3 N–H and O–H groups in total. The lowest BCUT2D eigenvalue weighted by Gasteiger charge is -2.23. The first-order chi connectivity index (χ1) is 9.02. The topological polar surface area (TPSA) is 87.7 Å². The van der Waals surface area contributed by atoms with Crippen molar-refractivity contribution in [3.63, 3.8) is 0 Å². The zero-order valence-corrected chi connectivity index (χ0v) is 10.8. The largest absolute Gasteiger partial charge is 0.479 e. The molecule has 2 unspecified atom stereocenters. The summed E-state index contributed by atoms with van der Waals surface area (Å²) in [6.07, 6.45) is -1.66. The van der Waals surface area contributed by atoms with E-state index in [1.54, 1.807) is 26.1 Å². The Kier molecular flexibility index (Phi) is 3.82.